The molecule has 0 bridgehead atoms. The van der Waals surface area contributed by atoms with Crippen LogP contribution in [-0.2, 0) is 4.74 Å². The third-order valence-corrected chi connectivity index (χ3v) is 3.33. The SMILES string of the molecule is CC(C)[N-]C[N-]C(C)C.COCCCC1CCCC1.[CH2-]C.[La+3]. The van der Waals surface area contributed by atoms with Crippen molar-refractivity contribution in [3.05, 3.63) is 17.6 Å². The Bertz CT molecular complexity index is 176. The van der Waals surface area contributed by atoms with Gasteiger partial charge in [0.05, 0.1) is 0 Å². The van der Waals surface area contributed by atoms with Crippen LogP contribution in [0.25, 0.3) is 10.6 Å². The van der Waals surface area contributed by atoms with Crippen molar-refractivity contribution >= 4 is 0 Å². The van der Waals surface area contributed by atoms with Crippen molar-refractivity contribution < 1.29 is 40.3 Å². The molecule has 0 atom stereocenters. The molecule has 1 aliphatic carbocycles. The first-order valence-corrected chi connectivity index (χ1v) is 8.59. The molecule has 22 heavy (non-hydrogen) atoms. The minimum atomic E-state index is 0. The molecule has 0 unspecified atom stereocenters. The first-order chi connectivity index (χ1) is 10.1. The van der Waals surface area contributed by atoms with Crippen LogP contribution in [0.15, 0.2) is 0 Å². The van der Waals surface area contributed by atoms with E-state index in [1.165, 1.54) is 38.5 Å². The van der Waals surface area contributed by atoms with Crippen LogP contribution in [0.1, 0.15) is 73.1 Å². The average Bonchev–Trinajstić information content (AvgIpc) is 2.94. The van der Waals surface area contributed by atoms with Crippen molar-refractivity contribution in [1.29, 1.82) is 0 Å². The van der Waals surface area contributed by atoms with Crippen LogP contribution >= 0.6 is 0 Å². The molecule has 0 radical (unpaired) electrons. The monoisotopic (exact) mass is 438 g/mol. The first kappa shape index (κ1) is 27.9. The minimum absolute atomic E-state index is 0. The van der Waals surface area contributed by atoms with E-state index >= 15 is 0 Å². The Balaban J connectivity index is -0.000000285. The summed E-state index contributed by atoms with van der Waals surface area (Å²) < 4.78 is 5.00. The summed E-state index contributed by atoms with van der Waals surface area (Å²) in [6.07, 6.45) is 8.55. The topological polar surface area (TPSA) is 37.4 Å². The van der Waals surface area contributed by atoms with Crippen LogP contribution in [0.2, 0.25) is 0 Å². The number of methoxy groups -OCH3 is 1. The molecule has 0 aromatic carbocycles. The molecular formula is C18H39LaN2O. The van der Waals surface area contributed by atoms with Crippen molar-refractivity contribution in [3.63, 3.8) is 0 Å². The Labute approximate surface area is 168 Å². The molecule has 1 saturated carbocycles. The van der Waals surface area contributed by atoms with Gasteiger partial charge in [-0.05, 0) is 18.8 Å². The predicted molar refractivity (Wildman–Crippen MR) is 96.0 cm³/mol. The van der Waals surface area contributed by atoms with Gasteiger partial charge in [-0.2, -0.15) is 6.92 Å². The molecular weight excluding hydrogens is 399 g/mol. The van der Waals surface area contributed by atoms with Gasteiger partial charge >= 0.3 is 35.6 Å². The van der Waals surface area contributed by atoms with E-state index in [1.807, 2.05) is 0 Å². The second-order valence-electron chi connectivity index (χ2n) is 5.98. The van der Waals surface area contributed by atoms with Gasteiger partial charge in [-0.1, -0.05) is 53.4 Å². The standard InChI is InChI=1S/C9H18O.C7H16N2.C2H5.La/c1-10-8-4-7-9-5-2-3-6-9;1-6(2)8-5-9-7(3)4;1-2;/h9H,2-8H2,1H3;6-7H,5H2,1-4H3;1H2,2H3;/q;-2;-1;+3. The molecule has 1 fully saturated rings. The van der Waals surface area contributed by atoms with E-state index in [1.54, 1.807) is 14.0 Å². The largest absolute Gasteiger partial charge is 3.00 e. The predicted octanol–water partition coefficient (Wildman–Crippen LogP) is 5.95. The number of rotatable bonds is 8. The fraction of sp³-hybridized carbons (Fsp3) is 0.944. The van der Waals surface area contributed by atoms with Crippen molar-refractivity contribution in [2.24, 2.45) is 5.92 Å². The van der Waals surface area contributed by atoms with Gasteiger partial charge in [-0.3, -0.25) is 6.67 Å². The van der Waals surface area contributed by atoms with Crippen LogP contribution in [0.3, 0.4) is 0 Å². The molecule has 0 aromatic rings. The molecule has 3 nitrogen and oxygen atoms in total. The number of hydrogen-bond donors (Lipinski definition) is 0. The second kappa shape index (κ2) is 22.1. The zero-order valence-electron chi connectivity index (χ0n) is 16.0. The summed E-state index contributed by atoms with van der Waals surface area (Å²) in [4.78, 5) is 0. The fourth-order valence-electron chi connectivity index (χ4n) is 2.19. The van der Waals surface area contributed by atoms with Crippen LogP contribution in [0.5, 0.6) is 0 Å². The normalized spacial score (nSPS) is 14.0. The van der Waals surface area contributed by atoms with E-state index in [0.717, 1.165) is 12.5 Å². The zero-order chi connectivity index (χ0) is 16.5. The third kappa shape index (κ3) is 23.3. The molecule has 0 heterocycles. The summed E-state index contributed by atoms with van der Waals surface area (Å²) >= 11 is 0. The zero-order valence-corrected chi connectivity index (χ0v) is 19.6. The van der Waals surface area contributed by atoms with Gasteiger partial charge in [0, 0.05) is 13.7 Å². The maximum absolute atomic E-state index is 5.00. The Morgan fingerprint density at radius 2 is 1.45 bits per heavy atom. The Morgan fingerprint density at radius 3 is 1.82 bits per heavy atom. The summed E-state index contributed by atoms with van der Waals surface area (Å²) in [5.74, 6) is 1.04. The number of nitrogens with zero attached hydrogens (tertiary/aromatic N) is 2. The summed E-state index contributed by atoms with van der Waals surface area (Å²) in [5.41, 5.74) is 0. The minimum Gasteiger partial charge on any atom is -0.678 e. The first-order valence-electron chi connectivity index (χ1n) is 8.59. The molecule has 0 aromatic heterocycles. The molecule has 4 heteroatoms. The number of hydrogen-bond acceptors (Lipinski definition) is 1. The molecule has 1 aliphatic rings. The fourth-order valence-corrected chi connectivity index (χ4v) is 2.19. The summed E-state index contributed by atoms with van der Waals surface area (Å²) in [6, 6.07) is 0.847. The third-order valence-electron chi connectivity index (χ3n) is 3.33. The Kier molecular flexibility index (Phi) is 28.0. The maximum Gasteiger partial charge on any atom is 3.00 e. The van der Waals surface area contributed by atoms with Gasteiger partial charge in [0.15, 0.2) is 0 Å². The summed E-state index contributed by atoms with van der Waals surface area (Å²) in [6.45, 7) is 14.9. The quantitative estimate of drug-likeness (QED) is 0.341. The maximum atomic E-state index is 5.00. The molecule has 0 amide bonds. The molecule has 0 spiro atoms. The van der Waals surface area contributed by atoms with Crippen LogP contribution in [0.4, 0.5) is 0 Å². The van der Waals surface area contributed by atoms with E-state index in [9.17, 15) is 0 Å². The van der Waals surface area contributed by atoms with Crippen LogP contribution < -0.4 is 0 Å². The van der Waals surface area contributed by atoms with Gasteiger partial charge in [-0.25, -0.2) is 0 Å². The van der Waals surface area contributed by atoms with E-state index in [0.29, 0.717) is 18.8 Å². The molecule has 1 rings (SSSR count). The van der Waals surface area contributed by atoms with Crippen molar-refractivity contribution in [2.45, 2.75) is 85.2 Å². The van der Waals surface area contributed by atoms with E-state index in [2.05, 4.69) is 45.3 Å². The van der Waals surface area contributed by atoms with Crippen LogP contribution in [0, 0.1) is 48.4 Å². The van der Waals surface area contributed by atoms with Crippen molar-refractivity contribution in [2.75, 3.05) is 20.4 Å². The van der Waals surface area contributed by atoms with Gasteiger partial charge in [0.1, 0.15) is 0 Å². The van der Waals surface area contributed by atoms with Gasteiger partial charge < -0.3 is 22.3 Å². The number of ether oxygens (including phenoxy) is 1. The van der Waals surface area contributed by atoms with Gasteiger partial charge in [-0.15, -0.1) is 12.1 Å². The molecule has 0 aliphatic heterocycles. The van der Waals surface area contributed by atoms with Crippen LogP contribution in [-0.4, -0.2) is 32.5 Å². The Hall–Kier alpha value is 1.07. The van der Waals surface area contributed by atoms with E-state index in [-0.39, 0.29) is 35.6 Å². The van der Waals surface area contributed by atoms with Gasteiger partial charge in [0.2, 0.25) is 0 Å². The molecule has 130 valence electrons. The van der Waals surface area contributed by atoms with Crippen molar-refractivity contribution in [3.8, 4) is 0 Å². The summed E-state index contributed by atoms with van der Waals surface area (Å²) in [7, 11) is 1.79. The smallest absolute Gasteiger partial charge is 0.678 e. The van der Waals surface area contributed by atoms with E-state index < -0.39 is 0 Å². The molecule has 0 N–H and O–H groups in total. The molecule has 0 saturated heterocycles. The van der Waals surface area contributed by atoms with Crippen molar-refractivity contribution in [1.82, 2.24) is 0 Å². The summed E-state index contributed by atoms with van der Waals surface area (Å²) in [5, 5.41) is 8.40. The van der Waals surface area contributed by atoms with E-state index in [4.69, 9.17) is 4.74 Å². The second-order valence-corrected chi connectivity index (χ2v) is 5.98. The van der Waals surface area contributed by atoms with Gasteiger partial charge in [0.25, 0.3) is 0 Å². The average molecular weight is 438 g/mol. The Morgan fingerprint density at radius 1 is 1.00 bits per heavy atom.